The molecule has 1 amide bonds. The zero-order valence-corrected chi connectivity index (χ0v) is 14.2. The maximum Gasteiger partial charge on any atom is 0.242 e. The van der Waals surface area contributed by atoms with Gasteiger partial charge in [0.15, 0.2) is 0 Å². The molecule has 6 heteroatoms. The van der Waals surface area contributed by atoms with Crippen molar-refractivity contribution in [3.63, 3.8) is 0 Å². The SMILES string of the molecule is C[C@@H]1C(=O)NCCCN1c1ncnc2sc(-c3ccccc3)cc12. The maximum atomic E-state index is 12.2. The summed E-state index contributed by atoms with van der Waals surface area (Å²) in [7, 11) is 0. The lowest BCUT2D eigenvalue weighted by atomic mass is 10.1. The van der Waals surface area contributed by atoms with E-state index in [1.165, 1.54) is 10.4 Å². The van der Waals surface area contributed by atoms with Gasteiger partial charge >= 0.3 is 0 Å². The molecular formula is C18H18N4OS. The molecule has 5 nitrogen and oxygen atoms in total. The highest BCUT2D eigenvalue weighted by atomic mass is 32.1. The molecule has 0 spiro atoms. The van der Waals surface area contributed by atoms with Crippen molar-refractivity contribution in [1.29, 1.82) is 0 Å². The Kier molecular flexibility index (Phi) is 3.90. The molecule has 1 fully saturated rings. The van der Waals surface area contributed by atoms with Crippen molar-refractivity contribution < 1.29 is 4.79 Å². The van der Waals surface area contributed by atoms with E-state index in [0.717, 1.165) is 29.0 Å². The number of nitrogens with one attached hydrogen (secondary N) is 1. The summed E-state index contributed by atoms with van der Waals surface area (Å²) in [6.07, 6.45) is 2.51. The van der Waals surface area contributed by atoms with Crippen LogP contribution in [0.5, 0.6) is 0 Å². The second-order valence-electron chi connectivity index (χ2n) is 5.91. The van der Waals surface area contributed by atoms with Crippen molar-refractivity contribution in [3.05, 3.63) is 42.7 Å². The number of carbonyl (C=O) groups excluding carboxylic acids is 1. The molecule has 0 saturated carbocycles. The number of fused-ring (bicyclic) bond motifs is 1. The van der Waals surface area contributed by atoms with E-state index in [1.54, 1.807) is 17.7 Å². The topological polar surface area (TPSA) is 58.1 Å². The molecule has 1 aromatic carbocycles. The molecule has 122 valence electrons. The summed E-state index contributed by atoms with van der Waals surface area (Å²) in [6.45, 7) is 3.45. The van der Waals surface area contributed by atoms with Gasteiger partial charge in [-0.1, -0.05) is 30.3 Å². The van der Waals surface area contributed by atoms with Gasteiger partial charge in [0.25, 0.3) is 0 Å². The van der Waals surface area contributed by atoms with Crippen molar-refractivity contribution in [1.82, 2.24) is 15.3 Å². The Labute approximate surface area is 144 Å². The third-order valence-electron chi connectivity index (χ3n) is 4.36. The minimum Gasteiger partial charge on any atom is -0.354 e. The van der Waals surface area contributed by atoms with Crippen LogP contribution < -0.4 is 10.2 Å². The number of thiophene rings is 1. The average molecular weight is 338 g/mol. The number of aromatic nitrogens is 2. The van der Waals surface area contributed by atoms with Crippen LogP contribution in [0.15, 0.2) is 42.7 Å². The highest BCUT2D eigenvalue weighted by Crippen LogP contribution is 2.36. The molecule has 2 aromatic heterocycles. The van der Waals surface area contributed by atoms with Gasteiger partial charge in [0, 0.05) is 18.0 Å². The Morgan fingerprint density at radius 2 is 2.08 bits per heavy atom. The molecule has 24 heavy (non-hydrogen) atoms. The largest absolute Gasteiger partial charge is 0.354 e. The predicted molar refractivity (Wildman–Crippen MR) is 97.3 cm³/mol. The van der Waals surface area contributed by atoms with E-state index in [-0.39, 0.29) is 11.9 Å². The summed E-state index contributed by atoms with van der Waals surface area (Å²) < 4.78 is 0. The first-order valence-corrected chi connectivity index (χ1v) is 8.90. The zero-order chi connectivity index (χ0) is 16.5. The molecule has 1 saturated heterocycles. The zero-order valence-electron chi connectivity index (χ0n) is 13.4. The van der Waals surface area contributed by atoms with E-state index < -0.39 is 0 Å². The Morgan fingerprint density at radius 3 is 2.92 bits per heavy atom. The Bertz CT molecular complexity index is 877. The van der Waals surface area contributed by atoms with Crippen molar-refractivity contribution in [2.24, 2.45) is 0 Å². The number of amides is 1. The van der Waals surface area contributed by atoms with Crippen LogP contribution in [0.4, 0.5) is 5.82 Å². The minimum atomic E-state index is -0.231. The number of rotatable bonds is 2. The van der Waals surface area contributed by atoms with E-state index in [0.29, 0.717) is 6.54 Å². The summed E-state index contributed by atoms with van der Waals surface area (Å²) in [5.41, 5.74) is 1.17. The fourth-order valence-corrected chi connectivity index (χ4v) is 4.05. The molecule has 0 unspecified atom stereocenters. The van der Waals surface area contributed by atoms with Crippen molar-refractivity contribution >= 4 is 33.3 Å². The van der Waals surface area contributed by atoms with Gasteiger partial charge in [0.2, 0.25) is 5.91 Å². The quantitative estimate of drug-likeness (QED) is 0.780. The van der Waals surface area contributed by atoms with Gasteiger partial charge in [0.1, 0.15) is 23.0 Å². The summed E-state index contributed by atoms with van der Waals surface area (Å²) in [5, 5.41) is 3.97. The third-order valence-corrected chi connectivity index (χ3v) is 5.45. The van der Waals surface area contributed by atoms with E-state index in [4.69, 9.17) is 0 Å². The summed E-state index contributed by atoms with van der Waals surface area (Å²) >= 11 is 1.66. The number of nitrogens with zero attached hydrogens (tertiary/aromatic N) is 3. The van der Waals surface area contributed by atoms with Gasteiger partial charge < -0.3 is 10.2 Å². The second kappa shape index (κ2) is 6.20. The normalized spacial score (nSPS) is 18.5. The van der Waals surface area contributed by atoms with Gasteiger partial charge in [0.05, 0.1) is 5.39 Å². The van der Waals surface area contributed by atoms with Gasteiger partial charge in [-0.05, 0) is 25.0 Å². The van der Waals surface area contributed by atoms with Gasteiger partial charge in [-0.15, -0.1) is 11.3 Å². The second-order valence-corrected chi connectivity index (χ2v) is 6.94. The van der Waals surface area contributed by atoms with E-state index >= 15 is 0 Å². The molecule has 1 N–H and O–H groups in total. The summed E-state index contributed by atoms with van der Waals surface area (Å²) in [4.78, 5) is 25.3. The van der Waals surface area contributed by atoms with Crippen LogP contribution in [0, 0.1) is 0 Å². The van der Waals surface area contributed by atoms with E-state index in [9.17, 15) is 4.79 Å². The lowest BCUT2D eigenvalue weighted by Crippen LogP contribution is -2.42. The number of carbonyl (C=O) groups is 1. The summed E-state index contributed by atoms with van der Waals surface area (Å²) in [5.74, 6) is 0.903. The molecule has 0 bridgehead atoms. The molecule has 1 aliphatic heterocycles. The third kappa shape index (κ3) is 2.63. The first kappa shape index (κ1) is 15.1. The predicted octanol–water partition coefficient (Wildman–Crippen LogP) is 3.07. The Hall–Kier alpha value is -2.47. The molecule has 4 rings (SSSR count). The lowest BCUT2D eigenvalue weighted by molar-refractivity contribution is -0.121. The maximum absolute atomic E-state index is 12.2. The fourth-order valence-electron chi connectivity index (χ4n) is 3.05. The van der Waals surface area contributed by atoms with Crippen molar-refractivity contribution in [2.45, 2.75) is 19.4 Å². The van der Waals surface area contributed by atoms with Crippen LogP contribution in [0.25, 0.3) is 20.7 Å². The fraction of sp³-hybridized carbons (Fsp3) is 0.278. The van der Waals surface area contributed by atoms with Crippen molar-refractivity contribution in [3.8, 4) is 10.4 Å². The van der Waals surface area contributed by atoms with Crippen molar-refractivity contribution in [2.75, 3.05) is 18.0 Å². The number of hydrogen-bond acceptors (Lipinski definition) is 5. The smallest absolute Gasteiger partial charge is 0.242 e. The number of anilines is 1. The van der Waals surface area contributed by atoms with Gasteiger partial charge in [-0.2, -0.15) is 0 Å². The molecular weight excluding hydrogens is 320 g/mol. The average Bonchev–Trinajstić information content (AvgIpc) is 2.99. The Morgan fingerprint density at radius 1 is 1.25 bits per heavy atom. The lowest BCUT2D eigenvalue weighted by Gasteiger charge is -2.26. The highest BCUT2D eigenvalue weighted by Gasteiger charge is 2.26. The molecule has 1 atom stereocenters. The van der Waals surface area contributed by atoms with Crippen LogP contribution in [0.1, 0.15) is 13.3 Å². The van der Waals surface area contributed by atoms with Gasteiger partial charge in [-0.3, -0.25) is 4.79 Å². The van der Waals surface area contributed by atoms with Crippen LogP contribution in [0.2, 0.25) is 0 Å². The monoisotopic (exact) mass is 338 g/mol. The molecule has 3 heterocycles. The molecule has 1 aliphatic rings. The Balaban J connectivity index is 1.81. The van der Waals surface area contributed by atoms with Crippen LogP contribution in [-0.2, 0) is 4.79 Å². The van der Waals surface area contributed by atoms with Crippen LogP contribution in [-0.4, -0.2) is 35.0 Å². The number of hydrogen-bond donors (Lipinski definition) is 1. The highest BCUT2D eigenvalue weighted by molar-refractivity contribution is 7.21. The standard InChI is InChI=1S/C18H18N4OS/c1-12-17(23)19-8-5-9-22(12)16-14-10-15(13-6-3-2-4-7-13)24-18(14)21-11-20-16/h2-4,6-7,10-12H,5,8-9H2,1H3,(H,19,23)/t12-/m1/s1. The molecule has 3 aromatic rings. The minimum absolute atomic E-state index is 0.0535. The first-order chi connectivity index (χ1) is 11.7. The first-order valence-electron chi connectivity index (χ1n) is 8.08. The molecule has 0 aliphatic carbocycles. The van der Waals surface area contributed by atoms with E-state index in [1.807, 2.05) is 25.1 Å². The van der Waals surface area contributed by atoms with Crippen LogP contribution in [0.3, 0.4) is 0 Å². The number of benzene rings is 1. The van der Waals surface area contributed by atoms with E-state index in [2.05, 4.69) is 38.4 Å². The van der Waals surface area contributed by atoms with Gasteiger partial charge in [-0.25, -0.2) is 9.97 Å². The van der Waals surface area contributed by atoms with Crippen LogP contribution >= 0.6 is 11.3 Å². The molecule has 0 radical (unpaired) electrons. The summed E-state index contributed by atoms with van der Waals surface area (Å²) in [6, 6.07) is 12.2.